The molecule has 146 valence electrons. The average molecular weight is 400 g/mol. The van der Waals surface area contributed by atoms with Crippen LogP contribution in [0.4, 0.5) is 0 Å². The van der Waals surface area contributed by atoms with Crippen LogP contribution in [0, 0.1) is 5.92 Å². The molecule has 1 atom stereocenters. The highest BCUT2D eigenvalue weighted by molar-refractivity contribution is 6.29. The molecule has 1 aliphatic rings. The Bertz CT molecular complexity index is 966. The van der Waals surface area contributed by atoms with Gasteiger partial charge in [-0.05, 0) is 5.92 Å². The van der Waals surface area contributed by atoms with Crippen LogP contribution in [0.2, 0.25) is 5.15 Å². The van der Waals surface area contributed by atoms with Gasteiger partial charge in [0.2, 0.25) is 5.91 Å². The molecule has 0 N–H and O–H groups in total. The number of rotatable bonds is 5. The Hall–Kier alpha value is -2.67. The van der Waals surface area contributed by atoms with Gasteiger partial charge in [-0.25, -0.2) is 9.67 Å². The van der Waals surface area contributed by atoms with Crippen LogP contribution < -0.4 is 0 Å². The zero-order chi connectivity index (χ0) is 19.7. The fourth-order valence-electron chi connectivity index (χ4n) is 3.65. The number of halogens is 1. The third-order valence-electron chi connectivity index (χ3n) is 4.95. The summed E-state index contributed by atoms with van der Waals surface area (Å²) < 4.78 is 7.04. The molecule has 0 aliphatic carbocycles. The van der Waals surface area contributed by atoms with Crippen molar-refractivity contribution in [2.45, 2.75) is 39.3 Å². The molecular weight excluding hydrogens is 378 g/mol. The second-order valence-electron chi connectivity index (χ2n) is 7.27. The number of amides is 1. The molecule has 3 aromatic rings. The van der Waals surface area contributed by atoms with Gasteiger partial charge in [0, 0.05) is 31.0 Å². The van der Waals surface area contributed by atoms with Crippen LogP contribution in [0.25, 0.3) is 11.4 Å². The maximum atomic E-state index is 13.0. The van der Waals surface area contributed by atoms with Crippen molar-refractivity contribution in [2.24, 2.45) is 5.92 Å². The summed E-state index contributed by atoms with van der Waals surface area (Å²) in [4.78, 5) is 19.7. The van der Waals surface area contributed by atoms with Gasteiger partial charge in [-0.2, -0.15) is 5.10 Å². The first-order valence-corrected chi connectivity index (χ1v) is 9.81. The van der Waals surface area contributed by atoms with Gasteiger partial charge >= 0.3 is 0 Å². The number of hydrogen-bond donors (Lipinski definition) is 0. The predicted octanol–water partition coefficient (Wildman–Crippen LogP) is 3.76. The quantitative estimate of drug-likeness (QED) is 0.652. The molecule has 0 saturated heterocycles. The summed E-state index contributed by atoms with van der Waals surface area (Å²) in [5.41, 5.74) is 0.979. The van der Waals surface area contributed by atoms with Gasteiger partial charge in [-0.3, -0.25) is 4.79 Å². The number of carbonyl (C=O) groups excluding carboxylic acids is 1. The predicted molar refractivity (Wildman–Crippen MR) is 105 cm³/mol. The van der Waals surface area contributed by atoms with Crippen LogP contribution in [-0.4, -0.2) is 37.3 Å². The second kappa shape index (κ2) is 7.75. The van der Waals surface area contributed by atoms with Gasteiger partial charge in [0.05, 0.1) is 12.6 Å². The first kappa shape index (κ1) is 18.7. The molecule has 1 aromatic carbocycles. The van der Waals surface area contributed by atoms with Crippen LogP contribution in [0.1, 0.15) is 37.9 Å². The zero-order valence-corrected chi connectivity index (χ0v) is 16.6. The average Bonchev–Trinajstić information content (AvgIpc) is 3.31. The van der Waals surface area contributed by atoms with E-state index in [1.54, 1.807) is 6.07 Å². The number of fused-ring (bicyclic) bond motifs is 1. The Labute approximate surface area is 168 Å². The van der Waals surface area contributed by atoms with E-state index in [-0.39, 0.29) is 17.9 Å². The molecule has 2 aromatic heterocycles. The summed E-state index contributed by atoms with van der Waals surface area (Å²) in [6.07, 6.45) is 0.816. The standard InChI is InChI=1S/C20H22ClN5O2/c1-13(2)18-20-22-19(14-6-4-3-5-7-14)23-26(20)11-10-25(18)17(27)9-8-15-12-16(21)24-28-15/h3-7,12-13,18H,8-11H2,1-2H3/t18-/m0/s1. The van der Waals surface area contributed by atoms with Crippen molar-refractivity contribution in [2.75, 3.05) is 6.54 Å². The number of aryl methyl sites for hydroxylation is 1. The number of benzene rings is 1. The minimum Gasteiger partial charge on any atom is -0.360 e. The van der Waals surface area contributed by atoms with Crippen molar-refractivity contribution >= 4 is 17.5 Å². The van der Waals surface area contributed by atoms with Crippen LogP contribution >= 0.6 is 11.6 Å². The first-order valence-electron chi connectivity index (χ1n) is 9.43. The van der Waals surface area contributed by atoms with Gasteiger partial charge < -0.3 is 9.42 Å². The van der Waals surface area contributed by atoms with E-state index in [0.717, 1.165) is 11.4 Å². The highest BCUT2D eigenvalue weighted by atomic mass is 35.5. The van der Waals surface area contributed by atoms with Crippen LogP contribution in [0.15, 0.2) is 40.9 Å². The van der Waals surface area contributed by atoms with Crippen molar-refractivity contribution in [3.05, 3.63) is 53.1 Å². The molecule has 4 rings (SSSR count). The molecule has 1 aliphatic heterocycles. The Morgan fingerprint density at radius 2 is 2.07 bits per heavy atom. The molecule has 8 heteroatoms. The fraction of sp³-hybridized carbons (Fsp3) is 0.400. The maximum Gasteiger partial charge on any atom is 0.223 e. The number of hydrogen-bond acceptors (Lipinski definition) is 5. The number of aromatic nitrogens is 4. The molecule has 1 amide bonds. The maximum absolute atomic E-state index is 13.0. The lowest BCUT2D eigenvalue weighted by Crippen LogP contribution is -2.44. The van der Waals surface area contributed by atoms with E-state index in [2.05, 4.69) is 24.1 Å². The van der Waals surface area contributed by atoms with E-state index in [1.165, 1.54) is 0 Å². The monoisotopic (exact) mass is 399 g/mol. The number of carbonyl (C=O) groups is 1. The molecule has 0 spiro atoms. The SMILES string of the molecule is CC(C)[C@H]1c2nc(-c3ccccc3)nn2CCN1C(=O)CCc1cc(Cl)no1. The van der Waals surface area contributed by atoms with Crippen molar-refractivity contribution in [1.29, 1.82) is 0 Å². The van der Waals surface area contributed by atoms with Crippen molar-refractivity contribution < 1.29 is 9.32 Å². The van der Waals surface area contributed by atoms with E-state index >= 15 is 0 Å². The van der Waals surface area contributed by atoms with E-state index in [1.807, 2.05) is 39.9 Å². The first-order chi connectivity index (χ1) is 13.5. The summed E-state index contributed by atoms with van der Waals surface area (Å²) in [6.45, 7) is 5.46. The molecule has 0 fully saturated rings. The molecule has 0 bridgehead atoms. The van der Waals surface area contributed by atoms with Gasteiger partial charge in [0.25, 0.3) is 0 Å². The fourth-order valence-corrected chi connectivity index (χ4v) is 3.80. The summed E-state index contributed by atoms with van der Waals surface area (Å²) in [7, 11) is 0. The normalized spacial score (nSPS) is 16.4. The van der Waals surface area contributed by atoms with Gasteiger partial charge in [-0.1, -0.05) is 60.9 Å². The summed E-state index contributed by atoms with van der Waals surface area (Å²) >= 11 is 5.78. The molecule has 0 radical (unpaired) electrons. The lowest BCUT2D eigenvalue weighted by molar-refractivity contribution is -0.136. The van der Waals surface area contributed by atoms with Gasteiger partial charge in [-0.15, -0.1) is 0 Å². The summed E-state index contributed by atoms with van der Waals surface area (Å²) in [5, 5.41) is 8.64. The Morgan fingerprint density at radius 1 is 1.29 bits per heavy atom. The van der Waals surface area contributed by atoms with Gasteiger partial charge in [0.1, 0.15) is 5.76 Å². The van der Waals surface area contributed by atoms with Crippen molar-refractivity contribution in [3.63, 3.8) is 0 Å². The zero-order valence-electron chi connectivity index (χ0n) is 15.9. The summed E-state index contributed by atoms with van der Waals surface area (Å²) in [6, 6.07) is 11.5. The molecule has 7 nitrogen and oxygen atoms in total. The van der Waals surface area contributed by atoms with Crippen molar-refractivity contribution in [3.8, 4) is 11.4 Å². The minimum atomic E-state index is -0.107. The largest absolute Gasteiger partial charge is 0.360 e. The molecule has 28 heavy (non-hydrogen) atoms. The third kappa shape index (κ3) is 3.67. The van der Waals surface area contributed by atoms with Crippen LogP contribution in [-0.2, 0) is 17.8 Å². The van der Waals surface area contributed by atoms with E-state index in [9.17, 15) is 4.79 Å². The lowest BCUT2D eigenvalue weighted by Gasteiger charge is -2.37. The molecule has 3 heterocycles. The minimum absolute atomic E-state index is 0.0710. The van der Waals surface area contributed by atoms with Gasteiger partial charge in [0.15, 0.2) is 16.8 Å². The highest BCUT2D eigenvalue weighted by Gasteiger charge is 2.35. The lowest BCUT2D eigenvalue weighted by atomic mass is 9.99. The Balaban J connectivity index is 1.55. The summed E-state index contributed by atoms with van der Waals surface area (Å²) in [5.74, 6) is 2.45. The van der Waals surface area contributed by atoms with Crippen molar-refractivity contribution in [1.82, 2.24) is 24.8 Å². The number of nitrogens with zero attached hydrogens (tertiary/aromatic N) is 5. The van der Waals surface area contributed by atoms with Crippen LogP contribution in [0.3, 0.4) is 0 Å². The van der Waals surface area contributed by atoms with E-state index < -0.39 is 0 Å². The Morgan fingerprint density at radius 3 is 2.75 bits per heavy atom. The topological polar surface area (TPSA) is 77.1 Å². The third-order valence-corrected chi connectivity index (χ3v) is 5.13. The Kier molecular flexibility index (Phi) is 5.17. The smallest absolute Gasteiger partial charge is 0.223 e. The molecular formula is C20H22ClN5O2. The highest BCUT2D eigenvalue weighted by Crippen LogP contribution is 2.32. The van der Waals surface area contributed by atoms with E-state index in [4.69, 9.17) is 21.1 Å². The van der Waals surface area contributed by atoms with Crippen LogP contribution in [0.5, 0.6) is 0 Å². The molecule has 0 unspecified atom stereocenters. The molecule has 0 saturated carbocycles. The second-order valence-corrected chi connectivity index (χ2v) is 7.66. The van der Waals surface area contributed by atoms with E-state index in [0.29, 0.717) is 42.7 Å².